The van der Waals surface area contributed by atoms with Gasteiger partial charge in [-0.1, -0.05) is 32.0 Å². The van der Waals surface area contributed by atoms with E-state index in [0.29, 0.717) is 6.04 Å². The zero-order valence-corrected chi connectivity index (χ0v) is 12.5. The van der Waals surface area contributed by atoms with Crippen molar-refractivity contribution in [2.75, 3.05) is 11.4 Å². The maximum Gasteiger partial charge on any atom is 0.0562 e. The number of hydrogen-bond acceptors (Lipinski definition) is 3. The number of nitrogens with one attached hydrogen (secondary N) is 1. The largest absolute Gasteiger partial charge is 0.342 e. The molecule has 0 aliphatic carbocycles. The Morgan fingerprint density at radius 3 is 2.50 bits per heavy atom. The van der Waals surface area contributed by atoms with Crippen LogP contribution in [-0.2, 0) is 6.54 Å². The van der Waals surface area contributed by atoms with E-state index in [1.165, 1.54) is 11.4 Å². The number of anilines is 2. The molecule has 1 aromatic carbocycles. The maximum absolute atomic E-state index is 4.43. The Morgan fingerprint density at radius 1 is 1.10 bits per heavy atom. The van der Waals surface area contributed by atoms with Gasteiger partial charge in [-0.15, -0.1) is 0 Å². The standard InChI is InChI=1S/C17H23N3/c1-4-20(16-8-6-5-7-9-16)17-10-11-18-15(12-17)13-19-14(2)3/h5-12,14,19H,4,13H2,1-3H3. The molecule has 1 aromatic heterocycles. The Balaban J connectivity index is 2.20. The molecule has 3 heteroatoms. The van der Waals surface area contributed by atoms with Gasteiger partial charge in [0, 0.05) is 36.7 Å². The minimum atomic E-state index is 0.469. The SMILES string of the molecule is CCN(c1ccccc1)c1ccnc(CNC(C)C)c1. The number of rotatable bonds is 6. The topological polar surface area (TPSA) is 28.2 Å². The molecule has 3 nitrogen and oxygen atoms in total. The van der Waals surface area contributed by atoms with E-state index in [-0.39, 0.29) is 0 Å². The van der Waals surface area contributed by atoms with Crippen LogP contribution in [0.2, 0.25) is 0 Å². The summed E-state index contributed by atoms with van der Waals surface area (Å²) in [7, 11) is 0. The Labute approximate surface area is 121 Å². The molecule has 0 atom stereocenters. The summed E-state index contributed by atoms with van der Waals surface area (Å²) in [4.78, 5) is 6.72. The molecule has 106 valence electrons. The Hall–Kier alpha value is -1.87. The number of aromatic nitrogens is 1. The second-order valence-electron chi connectivity index (χ2n) is 5.12. The van der Waals surface area contributed by atoms with Gasteiger partial charge >= 0.3 is 0 Å². The fourth-order valence-corrected chi connectivity index (χ4v) is 2.16. The van der Waals surface area contributed by atoms with Crippen LogP contribution in [0.3, 0.4) is 0 Å². The van der Waals surface area contributed by atoms with E-state index in [2.05, 4.69) is 72.4 Å². The van der Waals surface area contributed by atoms with Crippen molar-refractivity contribution in [3.8, 4) is 0 Å². The third-order valence-corrected chi connectivity index (χ3v) is 3.19. The van der Waals surface area contributed by atoms with E-state index in [0.717, 1.165) is 18.8 Å². The number of benzene rings is 1. The van der Waals surface area contributed by atoms with Crippen LogP contribution >= 0.6 is 0 Å². The van der Waals surface area contributed by atoms with Gasteiger partial charge in [0.15, 0.2) is 0 Å². The van der Waals surface area contributed by atoms with Crippen molar-refractivity contribution in [2.24, 2.45) is 0 Å². The number of hydrogen-bond donors (Lipinski definition) is 1. The Morgan fingerprint density at radius 2 is 1.85 bits per heavy atom. The summed E-state index contributed by atoms with van der Waals surface area (Å²) in [6, 6.07) is 15.1. The highest BCUT2D eigenvalue weighted by molar-refractivity contribution is 5.62. The summed E-state index contributed by atoms with van der Waals surface area (Å²) in [5.41, 5.74) is 3.48. The molecule has 0 radical (unpaired) electrons. The highest BCUT2D eigenvalue weighted by atomic mass is 15.1. The molecule has 20 heavy (non-hydrogen) atoms. The lowest BCUT2D eigenvalue weighted by Crippen LogP contribution is -2.23. The molecule has 0 saturated carbocycles. The summed E-state index contributed by atoms with van der Waals surface area (Å²) in [5.74, 6) is 0. The summed E-state index contributed by atoms with van der Waals surface area (Å²) < 4.78 is 0. The first-order valence-corrected chi connectivity index (χ1v) is 7.21. The van der Waals surface area contributed by atoms with E-state index in [9.17, 15) is 0 Å². The van der Waals surface area contributed by atoms with Crippen LogP contribution < -0.4 is 10.2 Å². The Kier molecular flexibility index (Phi) is 5.13. The fraction of sp³-hybridized carbons (Fsp3) is 0.353. The van der Waals surface area contributed by atoms with Gasteiger partial charge in [-0.25, -0.2) is 0 Å². The van der Waals surface area contributed by atoms with Crippen molar-refractivity contribution < 1.29 is 0 Å². The van der Waals surface area contributed by atoms with Crippen molar-refractivity contribution in [3.05, 3.63) is 54.4 Å². The minimum absolute atomic E-state index is 0.469. The van der Waals surface area contributed by atoms with Crippen LogP contribution in [-0.4, -0.2) is 17.6 Å². The van der Waals surface area contributed by atoms with Crippen molar-refractivity contribution in [3.63, 3.8) is 0 Å². The van der Waals surface area contributed by atoms with Gasteiger partial charge < -0.3 is 10.2 Å². The average Bonchev–Trinajstić information content (AvgIpc) is 2.47. The first-order valence-electron chi connectivity index (χ1n) is 7.21. The normalized spacial score (nSPS) is 10.8. The van der Waals surface area contributed by atoms with E-state index in [4.69, 9.17) is 0 Å². The van der Waals surface area contributed by atoms with Crippen LogP contribution in [0, 0.1) is 0 Å². The van der Waals surface area contributed by atoms with Crippen LogP contribution in [0.25, 0.3) is 0 Å². The molecule has 0 fully saturated rings. The zero-order valence-electron chi connectivity index (χ0n) is 12.5. The van der Waals surface area contributed by atoms with Crippen molar-refractivity contribution in [2.45, 2.75) is 33.4 Å². The highest BCUT2D eigenvalue weighted by Gasteiger charge is 2.07. The van der Waals surface area contributed by atoms with E-state index < -0.39 is 0 Å². The molecule has 0 bridgehead atoms. The lowest BCUT2D eigenvalue weighted by atomic mass is 10.2. The van der Waals surface area contributed by atoms with Gasteiger partial charge in [-0.3, -0.25) is 4.98 Å². The third kappa shape index (κ3) is 3.81. The molecule has 2 rings (SSSR count). The van der Waals surface area contributed by atoms with Gasteiger partial charge in [0.25, 0.3) is 0 Å². The molecule has 1 heterocycles. The number of nitrogens with zero attached hydrogens (tertiary/aromatic N) is 2. The number of pyridine rings is 1. The highest BCUT2D eigenvalue weighted by Crippen LogP contribution is 2.24. The summed E-state index contributed by atoms with van der Waals surface area (Å²) >= 11 is 0. The van der Waals surface area contributed by atoms with E-state index >= 15 is 0 Å². The first kappa shape index (κ1) is 14.5. The van der Waals surface area contributed by atoms with Crippen LogP contribution in [0.5, 0.6) is 0 Å². The van der Waals surface area contributed by atoms with Crippen LogP contribution in [0.15, 0.2) is 48.7 Å². The molecular weight excluding hydrogens is 246 g/mol. The molecule has 0 saturated heterocycles. The second kappa shape index (κ2) is 7.06. The predicted molar refractivity (Wildman–Crippen MR) is 85.3 cm³/mol. The van der Waals surface area contributed by atoms with Crippen molar-refractivity contribution in [1.82, 2.24) is 10.3 Å². The smallest absolute Gasteiger partial charge is 0.0562 e. The molecule has 0 aliphatic rings. The molecule has 0 unspecified atom stereocenters. The quantitative estimate of drug-likeness (QED) is 0.866. The molecule has 0 aliphatic heterocycles. The van der Waals surface area contributed by atoms with Gasteiger partial charge in [0.2, 0.25) is 0 Å². The molecule has 2 aromatic rings. The lowest BCUT2D eigenvalue weighted by Gasteiger charge is -2.23. The molecule has 1 N–H and O–H groups in total. The van der Waals surface area contributed by atoms with Crippen LogP contribution in [0.4, 0.5) is 11.4 Å². The summed E-state index contributed by atoms with van der Waals surface area (Å²) in [6.45, 7) is 8.20. The van der Waals surface area contributed by atoms with Crippen molar-refractivity contribution in [1.29, 1.82) is 0 Å². The minimum Gasteiger partial charge on any atom is -0.342 e. The maximum atomic E-state index is 4.43. The fourth-order valence-electron chi connectivity index (χ4n) is 2.16. The predicted octanol–water partition coefficient (Wildman–Crippen LogP) is 3.74. The van der Waals surface area contributed by atoms with E-state index in [1.54, 1.807) is 0 Å². The van der Waals surface area contributed by atoms with Gasteiger partial charge in [0.05, 0.1) is 5.69 Å². The summed E-state index contributed by atoms with van der Waals surface area (Å²) in [5, 5.41) is 3.40. The Bertz CT molecular complexity index is 523. The van der Waals surface area contributed by atoms with Gasteiger partial charge in [-0.05, 0) is 31.2 Å². The van der Waals surface area contributed by atoms with Crippen molar-refractivity contribution >= 4 is 11.4 Å². The average molecular weight is 269 g/mol. The van der Waals surface area contributed by atoms with E-state index in [1.807, 2.05) is 12.3 Å². The second-order valence-corrected chi connectivity index (χ2v) is 5.12. The number of para-hydroxylation sites is 1. The molecule has 0 spiro atoms. The molecular formula is C17H23N3. The van der Waals surface area contributed by atoms with Gasteiger partial charge in [0.1, 0.15) is 0 Å². The van der Waals surface area contributed by atoms with Gasteiger partial charge in [-0.2, -0.15) is 0 Å². The third-order valence-electron chi connectivity index (χ3n) is 3.19. The zero-order chi connectivity index (χ0) is 14.4. The van der Waals surface area contributed by atoms with Crippen LogP contribution in [0.1, 0.15) is 26.5 Å². The lowest BCUT2D eigenvalue weighted by molar-refractivity contribution is 0.581. The first-order chi connectivity index (χ1) is 9.70. The monoisotopic (exact) mass is 269 g/mol. The molecule has 0 amide bonds. The summed E-state index contributed by atoms with van der Waals surface area (Å²) in [6.07, 6.45) is 1.89.